The van der Waals surface area contributed by atoms with Gasteiger partial charge in [0, 0.05) is 0 Å². The van der Waals surface area contributed by atoms with Crippen LogP contribution in [0.5, 0.6) is 0 Å². The molecule has 110 valence electrons. The van der Waals surface area contributed by atoms with Crippen LogP contribution >= 0.6 is 0 Å². The summed E-state index contributed by atoms with van der Waals surface area (Å²) in [4.78, 5) is 0. The molecule has 0 amide bonds. The van der Waals surface area contributed by atoms with E-state index in [1.165, 1.54) is 18.2 Å². The highest BCUT2D eigenvalue weighted by Gasteiger charge is 2.35. The Balaban J connectivity index is 2.01. The van der Waals surface area contributed by atoms with Crippen molar-refractivity contribution < 1.29 is 23.0 Å². The number of halogens is 3. The molecule has 3 rings (SSSR count). The summed E-state index contributed by atoms with van der Waals surface area (Å²) in [5.41, 5.74) is 1.42. The Morgan fingerprint density at radius 1 is 1.00 bits per heavy atom. The van der Waals surface area contributed by atoms with Crippen molar-refractivity contribution in [3.8, 4) is 0 Å². The molecule has 0 aromatic heterocycles. The van der Waals surface area contributed by atoms with Crippen LogP contribution in [0.1, 0.15) is 33.9 Å². The first kappa shape index (κ1) is 14.1. The summed E-state index contributed by atoms with van der Waals surface area (Å²) in [6.07, 6.45) is -5.80. The van der Waals surface area contributed by atoms with Gasteiger partial charge in [-0.1, -0.05) is 36.4 Å². The fraction of sp³-hybridized carbons (Fsp3) is 0.250. The number of alkyl halides is 3. The lowest BCUT2D eigenvalue weighted by Crippen LogP contribution is -2.12. The Morgan fingerprint density at radius 3 is 2.48 bits per heavy atom. The molecule has 0 saturated heterocycles. The number of fused-ring (bicyclic) bond motifs is 1. The van der Waals surface area contributed by atoms with Crippen molar-refractivity contribution in [2.24, 2.45) is 0 Å². The molecule has 21 heavy (non-hydrogen) atoms. The van der Waals surface area contributed by atoms with Gasteiger partial charge in [-0.2, -0.15) is 13.2 Å². The van der Waals surface area contributed by atoms with Crippen LogP contribution in [0.4, 0.5) is 13.2 Å². The summed E-state index contributed by atoms with van der Waals surface area (Å²) in [6, 6.07) is 10.2. The zero-order valence-electron chi connectivity index (χ0n) is 11.0. The van der Waals surface area contributed by atoms with Crippen molar-refractivity contribution >= 4 is 0 Å². The third kappa shape index (κ3) is 2.66. The van der Waals surface area contributed by atoms with E-state index in [1.54, 1.807) is 18.2 Å². The predicted octanol–water partition coefficient (Wildman–Crippen LogP) is 3.82. The molecule has 0 bridgehead atoms. The van der Waals surface area contributed by atoms with Crippen molar-refractivity contribution in [3.05, 3.63) is 70.3 Å². The van der Waals surface area contributed by atoms with Gasteiger partial charge in [-0.3, -0.25) is 0 Å². The third-order valence-corrected chi connectivity index (χ3v) is 3.62. The minimum atomic E-state index is -4.49. The average molecular weight is 294 g/mol. The topological polar surface area (TPSA) is 29.5 Å². The van der Waals surface area contributed by atoms with E-state index in [1.807, 2.05) is 0 Å². The number of ether oxygens (including phenoxy) is 1. The number of aliphatic hydroxyl groups excluding tert-OH is 1. The SMILES string of the molecule is OC(c1ccc2c(c1)COC2)c1ccccc1C(F)(F)F. The minimum Gasteiger partial charge on any atom is -0.384 e. The molecule has 1 unspecified atom stereocenters. The number of aliphatic hydroxyl groups is 1. The molecule has 1 atom stereocenters. The predicted molar refractivity (Wildman–Crippen MR) is 70.4 cm³/mol. The van der Waals surface area contributed by atoms with E-state index in [9.17, 15) is 18.3 Å². The molecular weight excluding hydrogens is 281 g/mol. The summed E-state index contributed by atoms with van der Waals surface area (Å²) >= 11 is 0. The van der Waals surface area contributed by atoms with Gasteiger partial charge in [0.05, 0.1) is 18.8 Å². The van der Waals surface area contributed by atoms with E-state index in [-0.39, 0.29) is 5.56 Å². The van der Waals surface area contributed by atoms with Crippen LogP contribution in [-0.2, 0) is 24.1 Å². The van der Waals surface area contributed by atoms with Gasteiger partial charge in [-0.25, -0.2) is 0 Å². The Kier molecular flexibility index (Phi) is 3.47. The van der Waals surface area contributed by atoms with Crippen molar-refractivity contribution in [1.82, 2.24) is 0 Å². The fourth-order valence-corrected chi connectivity index (χ4v) is 2.54. The van der Waals surface area contributed by atoms with Crippen LogP contribution < -0.4 is 0 Å². The maximum atomic E-state index is 13.0. The smallest absolute Gasteiger partial charge is 0.384 e. The van der Waals surface area contributed by atoms with E-state index in [0.717, 1.165) is 17.2 Å². The van der Waals surface area contributed by atoms with Crippen molar-refractivity contribution in [3.63, 3.8) is 0 Å². The first-order chi connectivity index (χ1) is 9.97. The molecule has 0 saturated carbocycles. The molecule has 1 heterocycles. The van der Waals surface area contributed by atoms with E-state index < -0.39 is 17.8 Å². The average Bonchev–Trinajstić information content (AvgIpc) is 2.93. The van der Waals surface area contributed by atoms with Gasteiger partial charge in [-0.05, 0) is 28.3 Å². The molecule has 5 heteroatoms. The van der Waals surface area contributed by atoms with Crippen LogP contribution in [0.2, 0.25) is 0 Å². The quantitative estimate of drug-likeness (QED) is 0.912. The number of benzene rings is 2. The molecule has 1 aliphatic rings. The molecule has 2 aromatic rings. The van der Waals surface area contributed by atoms with Gasteiger partial charge in [0.2, 0.25) is 0 Å². The zero-order valence-corrected chi connectivity index (χ0v) is 11.0. The standard InChI is InChI=1S/C16H13F3O2/c17-16(18,19)14-4-2-1-3-13(14)15(20)10-5-6-11-8-21-9-12(11)7-10/h1-7,15,20H,8-9H2. The molecule has 2 aromatic carbocycles. The van der Waals surface area contributed by atoms with Gasteiger partial charge in [-0.15, -0.1) is 0 Å². The molecule has 0 spiro atoms. The number of hydrogen-bond acceptors (Lipinski definition) is 2. The highest BCUT2D eigenvalue weighted by Crippen LogP contribution is 2.37. The number of rotatable bonds is 2. The minimum absolute atomic E-state index is 0.135. The van der Waals surface area contributed by atoms with Crippen molar-refractivity contribution in [2.75, 3.05) is 0 Å². The normalized spacial score (nSPS) is 15.8. The monoisotopic (exact) mass is 294 g/mol. The van der Waals surface area contributed by atoms with Gasteiger partial charge >= 0.3 is 6.18 Å². The first-order valence-electron chi connectivity index (χ1n) is 6.50. The second-order valence-corrected chi connectivity index (χ2v) is 5.01. The summed E-state index contributed by atoms with van der Waals surface area (Å²) in [5.74, 6) is 0. The number of hydrogen-bond donors (Lipinski definition) is 1. The van der Waals surface area contributed by atoms with E-state index >= 15 is 0 Å². The summed E-state index contributed by atoms with van der Waals surface area (Å²) < 4.78 is 44.3. The summed E-state index contributed by atoms with van der Waals surface area (Å²) in [5, 5.41) is 10.3. The molecule has 2 nitrogen and oxygen atoms in total. The molecular formula is C16H13F3O2. The Hall–Kier alpha value is -1.85. The van der Waals surface area contributed by atoms with Crippen molar-refractivity contribution in [1.29, 1.82) is 0 Å². The molecule has 1 N–H and O–H groups in total. The highest BCUT2D eigenvalue weighted by atomic mass is 19.4. The van der Waals surface area contributed by atoms with Gasteiger partial charge in [0.15, 0.2) is 0 Å². The zero-order chi connectivity index (χ0) is 15.0. The lowest BCUT2D eigenvalue weighted by atomic mass is 9.94. The van der Waals surface area contributed by atoms with E-state index in [4.69, 9.17) is 4.74 Å². The Labute approximate surface area is 119 Å². The lowest BCUT2D eigenvalue weighted by Gasteiger charge is -2.18. The maximum Gasteiger partial charge on any atom is 0.416 e. The van der Waals surface area contributed by atoms with Gasteiger partial charge in [0.1, 0.15) is 6.10 Å². The van der Waals surface area contributed by atoms with Gasteiger partial charge < -0.3 is 9.84 Å². The Morgan fingerprint density at radius 2 is 1.71 bits per heavy atom. The van der Waals surface area contributed by atoms with E-state index in [0.29, 0.717) is 18.8 Å². The second kappa shape index (κ2) is 5.16. The molecule has 0 fully saturated rings. The summed E-state index contributed by atoms with van der Waals surface area (Å²) in [7, 11) is 0. The highest BCUT2D eigenvalue weighted by molar-refractivity contribution is 5.41. The lowest BCUT2D eigenvalue weighted by molar-refractivity contribution is -0.139. The van der Waals surface area contributed by atoms with E-state index in [2.05, 4.69) is 0 Å². The molecule has 1 aliphatic heterocycles. The van der Waals surface area contributed by atoms with Crippen LogP contribution in [0.3, 0.4) is 0 Å². The van der Waals surface area contributed by atoms with Crippen molar-refractivity contribution in [2.45, 2.75) is 25.5 Å². The molecule has 0 aliphatic carbocycles. The second-order valence-electron chi connectivity index (χ2n) is 5.01. The van der Waals surface area contributed by atoms with Crippen LogP contribution in [0.15, 0.2) is 42.5 Å². The molecule has 0 radical (unpaired) electrons. The van der Waals surface area contributed by atoms with Crippen LogP contribution in [-0.4, -0.2) is 5.11 Å². The van der Waals surface area contributed by atoms with Gasteiger partial charge in [0.25, 0.3) is 0 Å². The van der Waals surface area contributed by atoms with Crippen LogP contribution in [0, 0.1) is 0 Å². The summed E-state index contributed by atoms with van der Waals surface area (Å²) in [6.45, 7) is 0.932. The Bertz CT molecular complexity index is 665. The van der Waals surface area contributed by atoms with Crippen LogP contribution in [0.25, 0.3) is 0 Å². The third-order valence-electron chi connectivity index (χ3n) is 3.62. The largest absolute Gasteiger partial charge is 0.416 e. The first-order valence-corrected chi connectivity index (χ1v) is 6.50. The maximum absolute atomic E-state index is 13.0. The fourth-order valence-electron chi connectivity index (χ4n) is 2.54.